The molecule has 8 heteroatoms. The van der Waals surface area contributed by atoms with E-state index in [0.29, 0.717) is 25.3 Å². The highest BCUT2D eigenvalue weighted by molar-refractivity contribution is 6.28. The number of rotatable bonds is 4. The molecule has 1 aliphatic rings. The molecular formula is C9H11ClN4O3. The van der Waals surface area contributed by atoms with Crippen molar-refractivity contribution in [3.05, 3.63) is 21.6 Å². The number of aliphatic hydroxyl groups excluding tert-OH is 1. The highest BCUT2D eigenvalue weighted by atomic mass is 35.5. The first kappa shape index (κ1) is 12.0. The van der Waals surface area contributed by atoms with Crippen LogP contribution >= 0.6 is 11.6 Å². The summed E-state index contributed by atoms with van der Waals surface area (Å²) < 4.78 is 0. The maximum atomic E-state index is 10.7. The fraction of sp³-hybridized carbons (Fsp3) is 0.556. The summed E-state index contributed by atoms with van der Waals surface area (Å²) in [4.78, 5) is 17.5. The molecule has 1 heterocycles. The minimum absolute atomic E-state index is 0.0354. The zero-order valence-electron chi connectivity index (χ0n) is 8.84. The van der Waals surface area contributed by atoms with Gasteiger partial charge in [0.05, 0.1) is 11.0 Å². The van der Waals surface area contributed by atoms with Gasteiger partial charge >= 0.3 is 5.69 Å². The SMILES string of the molecule is O=[N+]([O-])c1cnc(Cl)nc1NCC1CC(O)C1. The Labute approximate surface area is 102 Å². The van der Waals surface area contributed by atoms with Gasteiger partial charge in [-0.25, -0.2) is 4.98 Å². The molecule has 2 N–H and O–H groups in total. The normalized spacial score (nSPS) is 22.9. The second-order valence-electron chi connectivity index (χ2n) is 4.00. The number of anilines is 1. The van der Waals surface area contributed by atoms with Crippen LogP contribution in [0, 0.1) is 16.0 Å². The molecule has 1 fully saturated rings. The van der Waals surface area contributed by atoms with Crippen LogP contribution in [0.4, 0.5) is 11.5 Å². The van der Waals surface area contributed by atoms with Gasteiger partial charge in [-0.2, -0.15) is 4.98 Å². The van der Waals surface area contributed by atoms with Crippen LogP contribution in [0.1, 0.15) is 12.8 Å². The van der Waals surface area contributed by atoms with E-state index >= 15 is 0 Å². The van der Waals surface area contributed by atoms with Crippen LogP contribution in [0.25, 0.3) is 0 Å². The minimum Gasteiger partial charge on any atom is -0.393 e. The standard InChI is InChI=1S/C9H11ClN4O3/c10-9-12-4-7(14(16)17)8(13-9)11-3-5-1-6(15)2-5/h4-6,15H,1-3H2,(H,11,12,13). The van der Waals surface area contributed by atoms with Crippen molar-refractivity contribution in [2.45, 2.75) is 18.9 Å². The Morgan fingerprint density at radius 3 is 2.94 bits per heavy atom. The molecule has 1 aromatic rings. The highest BCUT2D eigenvalue weighted by Crippen LogP contribution is 2.28. The molecule has 0 spiro atoms. The average molecular weight is 259 g/mol. The second-order valence-corrected chi connectivity index (χ2v) is 4.34. The van der Waals surface area contributed by atoms with Crippen LogP contribution in [-0.4, -0.2) is 32.6 Å². The molecule has 0 radical (unpaired) electrons. The van der Waals surface area contributed by atoms with Gasteiger partial charge in [-0.1, -0.05) is 0 Å². The maximum absolute atomic E-state index is 10.7. The summed E-state index contributed by atoms with van der Waals surface area (Å²) in [6, 6.07) is 0. The average Bonchev–Trinajstić information content (AvgIpc) is 2.22. The van der Waals surface area contributed by atoms with Crippen LogP contribution in [-0.2, 0) is 0 Å². The quantitative estimate of drug-likeness (QED) is 0.478. The Hall–Kier alpha value is -1.47. The number of halogens is 1. The number of hydrogen-bond acceptors (Lipinski definition) is 6. The molecule has 1 aromatic heterocycles. The first-order valence-corrected chi connectivity index (χ1v) is 5.53. The minimum atomic E-state index is -0.561. The summed E-state index contributed by atoms with van der Waals surface area (Å²) in [5, 5.41) is 22.7. The molecule has 0 aromatic carbocycles. The maximum Gasteiger partial charge on any atom is 0.329 e. The van der Waals surface area contributed by atoms with E-state index in [4.69, 9.17) is 16.7 Å². The number of hydrogen-bond donors (Lipinski definition) is 2. The first-order valence-electron chi connectivity index (χ1n) is 5.15. The number of nitrogens with zero attached hydrogens (tertiary/aromatic N) is 3. The van der Waals surface area contributed by atoms with Gasteiger partial charge in [0, 0.05) is 6.54 Å². The van der Waals surface area contributed by atoms with E-state index in [1.807, 2.05) is 0 Å². The lowest BCUT2D eigenvalue weighted by Gasteiger charge is -2.31. The van der Waals surface area contributed by atoms with E-state index in [9.17, 15) is 10.1 Å². The third-order valence-corrected chi connectivity index (χ3v) is 2.89. The second kappa shape index (κ2) is 4.80. The smallest absolute Gasteiger partial charge is 0.329 e. The zero-order chi connectivity index (χ0) is 12.4. The summed E-state index contributed by atoms with van der Waals surface area (Å²) >= 11 is 5.58. The molecule has 0 amide bonds. The Morgan fingerprint density at radius 1 is 1.65 bits per heavy atom. The number of nitrogens with one attached hydrogen (secondary N) is 1. The predicted octanol–water partition coefficient (Wildman–Crippen LogP) is 1.22. The van der Waals surface area contributed by atoms with E-state index in [-0.39, 0.29) is 22.9 Å². The van der Waals surface area contributed by atoms with Crippen molar-refractivity contribution in [2.24, 2.45) is 5.92 Å². The molecule has 0 aliphatic heterocycles. The van der Waals surface area contributed by atoms with E-state index < -0.39 is 4.92 Å². The molecule has 17 heavy (non-hydrogen) atoms. The molecule has 0 atom stereocenters. The Bertz CT molecular complexity index is 436. The van der Waals surface area contributed by atoms with Crippen molar-refractivity contribution in [1.29, 1.82) is 0 Å². The molecule has 1 saturated carbocycles. The lowest BCUT2D eigenvalue weighted by atomic mass is 9.82. The van der Waals surface area contributed by atoms with Crippen LogP contribution < -0.4 is 5.32 Å². The molecule has 1 aliphatic carbocycles. The van der Waals surface area contributed by atoms with E-state index in [1.165, 1.54) is 0 Å². The molecule has 2 rings (SSSR count). The van der Waals surface area contributed by atoms with Crippen molar-refractivity contribution in [2.75, 3.05) is 11.9 Å². The molecular weight excluding hydrogens is 248 g/mol. The molecule has 0 unspecified atom stereocenters. The predicted molar refractivity (Wildman–Crippen MR) is 60.9 cm³/mol. The Kier molecular flexibility index (Phi) is 3.39. The number of aromatic nitrogens is 2. The fourth-order valence-corrected chi connectivity index (χ4v) is 1.86. The summed E-state index contributed by atoms with van der Waals surface area (Å²) in [5.41, 5.74) is -0.200. The third kappa shape index (κ3) is 2.80. The summed E-state index contributed by atoms with van der Waals surface area (Å²) in [6.07, 6.45) is 2.25. The number of nitro groups is 1. The van der Waals surface area contributed by atoms with Gasteiger partial charge in [0.25, 0.3) is 0 Å². The third-order valence-electron chi connectivity index (χ3n) is 2.71. The Balaban J connectivity index is 2.03. The first-order chi connectivity index (χ1) is 8.06. The van der Waals surface area contributed by atoms with Crippen LogP contribution in [0.3, 0.4) is 0 Å². The summed E-state index contributed by atoms with van der Waals surface area (Å²) in [5.74, 6) is 0.440. The van der Waals surface area contributed by atoms with Gasteiger partial charge in [0.2, 0.25) is 11.1 Å². The monoisotopic (exact) mass is 258 g/mol. The van der Waals surface area contributed by atoms with E-state index in [2.05, 4.69) is 15.3 Å². The van der Waals surface area contributed by atoms with Crippen molar-refractivity contribution < 1.29 is 10.0 Å². The van der Waals surface area contributed by atoms with Gasteiger partial charge in [0.1, 0.15) is 6.20 Å². The van der Waals surface area contributed by atoms with Gasteiger partial charge in [-0.3, -0.25) is 10.1 Å². The lowest BCUT2D eigenvalue weighted by molar-refractivity contribution is -0.384. The van der Waals surface area contributed by atoms with Crippen LogP contribution in [0.15, 0.2) is 6.20 Å². The van der Waals surface area contributed by atoms with Crippen LogP contribution in [0.5, 0.6) is 0 Å². The largest absolute Gasteiger partial charge is 0.393 e. The fourth-order valence-electron chi connectivity index (χ4n) is 1.73. The number of aliphatic hydroxyl groups is 1. The van der Waals surface area contributed by atoms with Gasteiger partial charge in [-0.15, -0.1) is 0 Å². The topological polar surface area (TPSA) is 101 Å². The molecule has 0 bridgehead atoms. The Morgan fingerprint density at radius 2 is 2.35 bits per heavy atom. The van der Waals surface area contributed by atoms with E-state index in [0.717, 1.165) is 6.20 Å². The van der Waals surface area contributed by atoms with Gasteiger partial charge in [-0.05, 0) is 30.4 Å². The molecule has 92 valence electrons. The molecule has 7 nitrogen and oxygen atoms in total. The highest BCUT2D eigenvalue weighted by Gasteiger charge is 2.27. The van der Waals surface area contributed by atoms with Crippen molar-refractivity contribution in [3.8, 4) is 0 Å². The van der Waals surface area contributed by atoms with Crippen molar-refractivity contribution >= 4 is 23.1 Å². The van der Waals surface area contributed by atoms with Crippen molar-refractivity contribution in [1.82, 2.24) is 9.97 Å². The summed E-state index contributed by atoms with van der Waals surface area (Å²) in [7, 11) is 0. The van der Waals surface area contributed by atoms with E-state index in [1.54, 1.807) is 0 Å². The van der Waals surface area contributed by atoms with Gasteiger partial charge < -0.3 is 10.4 Å². The van der Waals surface area contributed by atoms with Gasteiger partial charge in [0.15, 0.2) is 0 Å². The van der Waals surface area contributed by atoms with Crippen LogP contribution in [0.2, 0.25) is 5.28 Å². The summed E-state index contributed by atoms with van der Waals surface area (Å²) in [6.45, 7) is 0.533. The molecule has 0 saturated heterocycles. The van der Waals surface area contributed by atoms with Crippen molar-refractivity contribution in [3.63, 3.8) is 0 Å². The zero-order valence-corrected chi connectivity index (χ0v) is 9.59. The lowest BCUT2D eigenvalue weighted by Crippen LogP contribution is -2.33.